The number of furan rings is 1. The van der Waals surface area contributed by atoms with E-state index < -0.39 is 6.10 Å². The quantitative estimate of drug-likeness (QED) is 0.177. The Morgan fingerprint density at radius 2 is 1.12 bits per heavy atom. The molecule has 12 rings (SSSR count). The highest BCUT2D eigenvalue weighted by molar-refractivity contribution is 6.11. The molecule has 0 bridgehead atoms. The van der Waals surface area contributed by atoms with Crippen LogP contribution in [0, 0.1) is 0 Å². The van der Waals surface area contributed by atoms with Crippen LogP contribution >= 0.6 is 0 Å². The minimum Gasteiger partial charge on any atom is -0.476 e. The molecule has 1 atom stereocenters. The van der Waals surface area contributed by atoms with E-state index in [4.69, 9.17) is 13.9 Å². The zero-order valence-electron chi connectivity index (χ0n) is 30.7. The van der Waals surface area contributed by atoms with Crippen molar-refractivity contribution in [1.29, 1.82) is 0 Å². The number of aromatic nitrogens is 1. The molecule has 9 aromatic rings. The molecule has 4 heterocycles. The van der Waals surface area contributed by atoms with Crippen molar-refractivity contribution in [3.05, 3.63) is 227 Å². The second-order valence-electron chi connectivity index (χ2n) is 14.8. The lowest BCUT2D eigenvalue weighted by Crippen LogP contribution is -2.34. The van der Waals surface area contributed by atoms with Gasteiger partial charge in [0.2, 0.25) is 0 Å². The molecule has 0 radical (unpaired) electrons. The zero-order valence-corrected chi connectivity index (χ0v) is 30.7. The summed E-state index contributed by atoms with van der Waals surface area (Å²) in [7, 11) is 0. The fourth-order valence-corrected chi connectivity index (χ4v) is 8.98. The normalized spacial score (nSPS) is 15.7. The molecule has 2 aromatic heterocycles. The van der Waals surface area contributed by atoms with Crippen LogP contribution in [0.2, 0.25) is 0 Å². The Kier molecular flexibility index (Phi) is 6.96. The van der Waals surface area contributed by atoms with Crippen molar-refractivity contribution in [2.24, 2.45) is 0 Å². The molecular formula is C53H33NO3. The van der Waals surface area contributed by atoms with Crippen molar-refractivity contribution in [3.8, 4) is 27.9 Å². The molecule has 2 aliphatic heterocycles. The van der Waals surface area contributed by atoms with E-state index in [1.807, 2.05) is 18.2 Å². The van der Waals surface area contributed by atoms with Crippen molar-refractivity contribution in [2.75, 3.05) is 0 Å². The molecule has 1 aliphatic carbocycles. The van der Waals surface area contributed by atoms with Crippen LogP contribution in [-0.2, 0) is 9.47 Å². The number of allylic oxidation sites excluding steroid dienone is 2. The monoisotopic (exact) mass is 731 g/mol. The van der Waals surface area contributed by atoms with Crippen LogP contribution in [0.25, 0.3) is 77.9 Å². The summed E-state index contributed by atoms with van der Waals surface area (Å²) >= 11 is 0. The Hall–Kier alpha value is -7.56. The predicted octanol–water partition coefficient (Wildman–Crippen LogP) is 11.5. The largest absolute Gasteiger partial charge is 0.476 e. The molecule has 0 fully saturated rings. The number of nitrogens with zero attached hydrogens (tertiary/aromatic N) is 1. The molecule has 0 saturated heterocycles. The van der Waals surface area contributed by atoms with Crippen LogP contribution in [-0.4, -0.2) is 10.7 Å². The summed E-state index contributed by atoms with van der Waals surface area (Å²) in [6, 6.07) is 62.0. The highest BCUT2D eigenvalue weighted by Crippen LogP contribution is 2.46. The van der Waals surface area contributed by atoms with E-state index in [2.05, 4.69) is 174 Å². The SMILES string of the molecule is C1=CC(c2ccc3c(c2)c2cc(-c4ccccc4)ccc2n3-c2ccccc2)=C2OC3C(=C2O1)C=c1c(oc2c(-c4ccccc4)cccc12)=C3c1ccccc1. The van der Waals surface area contributed by atoms with Gasteiger partial charge < -0.3 is 18.5 Å². The molecule has 0 spiro atoms. The predicted molar refractivity (Wildman–Crippen MR) is 230 cm³/mol. The zero-order chi connectivity index (χ0) is 37.5. The number of para-hydroxylation sites is 2. The van der Waals surface area contributed by atoms with Crippen LogP contribution in [0.3, 0.4) is 0 Å². The maximum Gasteiger partial charge on any atom is 0.176 e. The third kappa shape index (κ3) is 4.87. The smallest absolute Gasteiger partial charge is 0.176 e. The topological polar surface area (TPSA) is 36.5 Å². The third-order valence-corrected chi connectivity index (χ3v) is 11.6. The summed E-state index contributed by atoms with van der Waals surface area (Å²) in [5.41, 5.74) is 14.7. The molecule has 4 heteroatoms. The van der Waals surface area contributed by atoms with Crippen molar-refractivity contribution >= 4 is 50.0 Å². The van der Waals surface area contributed by atoms with E-state index >= 15 is 0 Å². The fraction of sp³-hybridized carbons (Fsp3) is 0.0189. The van der Waals surface area contributed by atoms with Crippen molar-refractivity contribution in [1.82, 2.24) is 4.57 Å². The minimum absolute atomic E-state index is 0.419. The van der Waals surface area contributed by atoms with Gasteiger partial charge in [-0.3, -0.25) is 0 Å². The maximum atomic E-state index is 7.12. The Morgan fingerprint density at radius 1 is 0.491 bits per heavy atom. The molecule has 0 amide bonds. The average Bonchev–Trinajstić information content (AvgIpc) is 3.96. The van der Waals surface area contributed by atoms with E-state index in [9.17, 15) is 0 Å². The van der Waals surface area contributed by atoms with E-state index in [0.717, 1.165) is 88.8 Å². The van der Waals surface area contributed by atoms with Gasteiger partial charge in [0.15, 0.2) is 17.6 Å². The molecule has 57 heavy (non-hydrogen) atoms. The summed E-state index contributed by atoms with van der Waals surface area (Å²) < 4.78 is 22.8. The van der Waals surface area contributed by atoms with Crippen LogP contribution in [0.4, 0.5) is 0 Å². The first-order valence-corrected chi connectivity index (χ1v) is 19.3. The summed E-state index contributed by atoms with van der Waals surface area (Å²) in [4.78, 5) is 0. The van der Waals surface area contributed by atoms with Gasteiger partial charge in [0, 0.05) is 49.3 Å². The molecule has 268 valence electrons. The lowest BCUT2D eigenvalue weighted by molar-refractivity contribution is 0.205. The number of rotatable bonds is 5. The van der Waals surface area contributed by atoms with Crippen LogP contribution in [0.5, 0.6) is 0 Å². The van der Waals surface area contributed by atoms with Gasteiger partial charge >= 0.3 is 0 Å². The van der Waals surface area contributed by atoms with Gasteiger partial charge in [-0.1, -0.05) is 140 Å². The second-order valence-corrected chi connectivity index (χ2v) is 14.8. The Morgan fingerprint density at radius 3 is 1.84 bits per heavy atom. The second kappa shape index (κ2) is 12.5. The van der Waals surface area contributed by atoms with Crippen molar-refractivity contribution in [3.63, 3.8) is 0 Å². The van der Waals surface area contributed by atoms with Crippen LogP contribution < -0.4 is 10.6 Å². The molecule has 0 N–H and O–H groups in total. The first-order valence-electron chi connectivity index (χ1n) is 19.3. The van der Waals surface area contributed by atoms with E-state index in [-0.39, 0.29) is 0 Å². The van der Waals surface area contributed by atoms with Crippen molar-refractivity contribution < 1.29 is 13.9 Å². The molecule has 3 aliphatic rings. The molecular weight excluding hydrogens is 699 g/mol. The standard InChI is InChI=1S/C53H33NO3/c1-5-14-33(15-6-1)36-24-26-46-42(30-36)43-31-37(25-27-47(43)54(46)38-20-11-4-12-21-38)40-28-29-55-52-45-32-44-41-23-13-22-39(34-16-7-2-8-17-34)49(41)56-50(44)48(51(45)57-53(40)52)35-18-9-3-10-19-35/h1-32,51H. The first kappa shape index (κ1) is 31.8. The van der Waals surface area contributed by atoms with Gasteiger partial charge in [-0.05, 0) is 76.4 Å². The Balaban J connectivity index is 1.07. The summed E-state index contributed by atoms with van der Waals surface area (Å²) in [6.07, 6.45) is 5.63. The highest BCUT2D eigenvalue weighted by atomic mass is 16.5. The van der Waals surface area contributed by atoms with Gasteiger partial charge in [0.05, 0.1) is 17.3 Å². The van der Waals surface area contributed by atoms with Crippen LogP contribution in [0.15, 0.2) is 210 Å². The van der Waals surface area contributed by atoms with Gasteiger partial charge in [0.1, 0.15) is 11.0 Å². The van der Waals surface area contributed by atoms with E-state index in [1.54, 1.807) is 6.26 Å². The number of fused-ring (bicyclic) bond motifs is 8. The van der Waals surface area contributed by atoms with E-state index in [0.29, 0.717) is 0 Å². The van der Waals surface area contributed by atoms with E-state index in [1.165, 1.54) is 21.9 Å². The fourth-order valence-electron chi connectivity index (χ4n) is 8.98. The van der Waals surface area contributed by atoms with Gasteiger partial charge in [-0.25, -0.2) is 0 Å². The number of ether oxygens (including phenoxy) is 2. The van der Waals surface area contributed by atoms with Crippen molar-refractivity contribution in [2.45, 2.75) is 6.10 Å². The van der Waals surface area contributed by atoms with Gasteiger partial charge in [-0.2, -0.15) is 0 Å². The highest BCUT2D eigenvalue weighted by Gasteiger charge is 2.40. The number of hydrogen-bond donors (Lipinski definition) is 0. The van der Waals surface area contributed by atoms with Crippen LogP contribution in [0.1, 0.15) is 11.1 Å². The lowest BCUT2D eigenvalue weighted by Gasteiger charge is -2.20. The summed E-state index contributed by atoms with van der Waals surface area (Å²) in [5, 5.41) is 4.46. The third-order valence-electron chi connectivity index (χ3n) is 11.6. The lowest BCUT2D eigenvalue weighted by atomic mass is 9.90. The molecule has 7 aromatic carbocycles. The molecule has 0 saturated carbocycles. The minimum atomic E-state index is -0.419. The average molecular weight is 732 g/mol. The molecule has 1 unspecified atom stereocenters. The Labute approximate surface area is 328 Å². The summed E-state index contributed by atoms with van der Waals surface area (Å²) in [5.74, 6) is 1.47. The first-order chi connectivity index (χ1) is 28.3. The number of hydrogen-bond acceptors (Lipinski definition) is 3. The summed E-state index contributed by atoms with van der Waals surface area (Å²) in [6.45, 7) is 0. The molecule has 4 nitrogen and oxygen atoms in total. The van der Waals surface area contributed by atoms with Gasteiger partial charge in [-0.15, -0.1) is 0 Å². The Bertz CT molecular complexity index is 3310. The maximum absolute atomic E-state index is 7.12. The number of benzene rings is 7. The van der Waals surface area contributed by atoms with Gasteiger partial charge in [0.25, 0.3) is 0 Å².